The molecule has 0 aromatic heterocycles. The minimum absolute atomic E-state index is 0.297. The van der Waals surface area contributed by atoms with Gasteiger partial charge in [0.15, 0.2) is 11.4 Å². The van der Waals surface area contributed by atoms with Gasteiger partial charge in [-0.05, 0) is 35.4 Å². The number of carbonyl (C=O) groups is 2. The normalized spacial score (nSPS) is 18.7. The van der Waals surface area contributed by atoms with Crippen molar-refractivity contribution in [3.05, 3.63) is 76.3 Å². The molecule has 0 aliphatic carbocycles. The molecule has 1 atom stereocenters. The van der Waals surface area contributed by atoms with Crippen molar-refractivity contribution < 1.29 is 14.7 Å². The van der Waals surface area contributed by atoms with Gasteiger partial charge in [-0.15, -0.1) is 0 Å². The van der Waals surface area contributed by atoms with Crippen molar-refractivity contribution in [2.24, 2.45) is 0 Å². The highest BCUT2D eigenvalue weighted by atomic mass is 35.5. The second-order valence-electron chi connectivity index (χ2n) is 6.57. The fourth-order valence-corrected chi connectivity index (χ4v) is 3.56. The maximum absolute atomic E-state index is 12.8. The molecule has 1 aliphatic rings. The maximum Gasteiger partial charge on any atom is 0.261 e. The van der Waals surface area contributed by atoms with Crippen LogP contribution in [0, 0.1) is 6.92 Å². The number of amides is 1. The first kappa shape index (κ1) is 16.8. The van der Waals surface area contributed by atoms with Gasteiger partial charge in [0, 0.05) is 16.1 Å². The second-order valence-corrected chi connectivity index (χ2v) is 6.98. The third-order valence-electron chi connectivity index (χ3n) is 4.95. The zero-order chi connectivity index (χ0) is 18.5. The molecule has 0 spiro atoms. The van der Waals surface area contributed by atoms with Crippen LogP contribution < -0.4 is 5.32 Å². The predicted octanol–water partition coefficient (Wildman–Crippen LogP) is 4.21. The molecule has 0 saturated heterocycles. The van der Waals surface area contributed by atoms with E-state index in [1.807, 2.05) is 30.3 Å². The molecule has 0 bridgehead atoms. The van der Waals surface area contributed by atoms with Gasteiger partial charge in [0.2, 0.25) is 0 Å². The Kier molecular flexibility index (Phi) is 3.83. The average molecular weight is 366 g/mol. The van der Waals surface area contributed by atoms with E-state index >= 15 is 0 Å². The number of rotatable bonds is 3. The Bertz CT molecular complexity index is 1080. The van der Waals surface area contributed by atoms with Gasteiger partial charge >= 0.3 is 0 Å². The first-order chi connectivity index (χ1) is 12.4. The van der Waals surface area contributed by atoms with Crippen molar-refractivity contribution in [1.29, 1.82) is 0 Å². The first-order valence-electron chi connectivity index (χ1n) is 8.25. The van der Waals surface area contributed by atoms with Crippen LogP contribution in [0.5, 0.6) is 0 Å². The number of hydrogen-bond donors (Lipinski definition) is 2. The summed E-state index contributed by atoms with van der Waals surface area (Å²) in [4.78, 5) is 25.2. The number of anilines is 1. The van der Waals surface area contributed by atoms with Gasteiger partial charge in [-0.3, -0.25) is 9.59 Å². The number of nitrogens with one attached hydrogen (secondary N) is 1. The van der Waals surface area contributed by atoms with E-state index < -0.39 is 11.5 Å². The van der Waals surface area contributed by atoms with Crippen LogP contribution in [0.2, 0.25) is 5.02 Å². The third kappa shape index (κ3) is 2.50. The fraction of sp³-hybridized carbons (Fsp3) is 0.143. The largest absolute Gasteiger partial charge is 0.375 e. The van der Waals surface area contributed by atoms with Crippen LogP contribution in [0.25, 0.3) is 10.8 Å². The standard InChI is InChI=1S/C21H16ClNO3/c1-12-17(22)9-8-16-19(12)23-20(25)21(16,26)11-18(24)15-7-6-13-4-2-3-5-14(13)10-15/h2-10,26H,11H2,1H3,(H,23,25)/t21-/m1/s1. The Labute approximate surface area is 155 Å². The van der Waals surface area contributed by atoms with Crippen LogP contribution in [-0.4, -0.2) is 16.8 Å². The number of benzene rings is 3. The number of Topliss-reactive ketones (excluding diaryl/α,β-unsaturated/α-hetero) is 1. The number of fused-ring (bicyclic) bond motifs is 2. The fourth-order valence-electron chi connectivity index (χ4n) is 3.40. The smallest absolute Gasteiger partial charge is 0.261 e. The summed E-state index contributed by atoms with van der Waals surface area (Å²) in [6.45, 7) is 1.76. The summed E-state index contributed by atoms with van der Waals surface area (Å²) in [7, 11) is 0. The molecule has 130 valence electrons. The van der Waals surface area contributed by atoms with Crippen molar-refractivity contribution in [2.75, 3.05) is 5.32 Å². The Balaban J connectivity index is 1.71. The summed E-state index contributed by atoms with van der Waals surface area (Å²) in [6.07, 6.45) is -0.328. The summed E-state index contributed by atoms with van der Waals surface area (Å²) < 4.78 is 0. The number of ketones is 1. The highest BCUT2D eigenvalue weighted by Gasteiger charge is 2.47. The molecule has 4 nitrogen and oxygen atoms in total. The van der Waals surface area contributed by atoms with Gasteiger partial charge < -0.3 is 10.4 Å². The van der Waals surface area contributed by atoms with E-state index in [2.05, 4.69) is 5.32 Å². The van der Waals surface area contributed by atoms with Gasteiger partial charge in [-0.1, -0.05) is 54.1 Å². The summed E-state index contributed by atoms with van der Waals surface area (Å²) in [5, 5.41) is 16.1. The summed E-state index contributed by atoms with van der Waals surface area (Å²) in [6, 6.07) is 16.3. The van der Waals surface area contributed by atoms with Gasteiger partial charge in [-0.25, -0.2) is 0 Å². The van der Waals surface area contributed by atoms with Crippen LogP contribution in [0.1, 0.15) is 27.9 Å². The SMILES string of the molecule is Cc1c(Cl)ccc2c1NC(=O)[C@@]2(O)CC(=O)c1ccc2ccccc2c1. The first-order valence-corrected chi connectivity index (χ1v) is 8.63. The lowest BCUT2D eigenvalue weighted by atomic mass is 9.87. The summed E-state index contributed by atoms with van der Waals surface area (Å²) in [5.41, 5.74) is 0.110. The second kappa shape index (κ2) is 5.94. The topological polar surface area (TPSA) is 66.4 Å². The maximum atomic E-state index is 12.8. The van der Waals surface area contributed by atoms with Crippen molar-refractivity contribution in [3.63, 3.8) is 0 Å². The molecule has 3 aromatic rings. The van der Waals surface area contributed by atoms with E-state index in [4.69, 9.17) is 11.6 Å². The lowest BCUT2D eigenvalue weighted by Gasteiger charge is -2.20. The minimum Gasteiger partial charge on any atom is -0.375 e. The molecular weight excluding hydrogens is 350 g/mol. The molecule has 26 heavy (non-hydrogen) atoms. The highest BCUT2D eigenvalue weighted by Crippen LogP contribution is 2.42. The minimum atomic E-state index is -1.90. The quantitative estimate of drug-likeness (QED) is 0.683. The van der Waals surface area contributed by atoms with Gasteiger partial charge in [0.25, 0.3) is 5.91 Å². The Morgan fingerprint density at radius 2 is 1.85 bits per heavy atom. The molecule has 2 N–H and O–H groups in total. The predicted molar refractivity (Wildman–Crippen MR) is 102 cm³/mol. The molecular formula is C21H16ClNO3. The molecule has 3 aromatic carbocycles. The monoisotopic (exact) mass is 365 g/mol. The number of carbonyl (C=O) groups excluding carboxylic acids is 2. The molecule has 1 amide bonds. The van der Waals surface area contributed by atoms with Gasteiger partial charge in [0.1, 0.15) is 0 Å². The molecule has 1 heterocycles. The lowest BCUT2D eigenvalue weighted by molar-refractivity contribution is -0.133. The van der Waals surface area contributed by atoms with E-state index in [9.17, 15) is 14.7 Å². The average Bonchev–Trinajstić information content (AvgIpc) is 2.89. The van der Waals surface area contributed by atoms with E-state index in [1.54, 1.807) is 31.2 Å². The van der Waals surface area contributed by atoms with Crippen LogP contribution in [0.4, 0.5) is 5.69 Å². The van der Waals surface area contributed by atoms with E-state index in [0.29, 0.717) is 27.4 Å². The van der Waals surface area contributed by atoms with Crippen LogP contribution in [-0.2, 0) is 10.4 Å². The van der Waals surface area contributed by atoms with Crippen molar-refractivity contribution in [1.82, 2.24) is 0 Å². The molecule has 4 rings (SSSR count). The number of hydrogen-bond acceptors (Lipinski definition) is 3. The molecule has 0 fully saturated rings. The van der Waals surface area contributed by atoms with Crippen LogP contribution in [0.3, 0.4) is 0 Å². The van der Waals surface area contributed by atoms with Crippen molar-refractivity contribution >= 4 is 39.8 Å². The highest BCUT2D eigenvalue weighted by molar-refractivity contribution is 6.32. The molecule has 5 heteroatoms. The van der Waals surface area contributed by atoms with Crippen LogP contribution in [0.15, 0.2) is 54.6 Å². The summed E-state index contributed by atoms with van der Waals surface area (Å²) in [5.74, 6) is -0.902. The molecule has 0 saturated carbocycles. The Morgan fingerprint density at radius 1 is 1.12 bits per heavy atom. The third-order valence-corrected chi connectivity index (χ3v) is 5.36. The van der Waals surface area contributed by atoms with Crippen molar-refractivity contribution in [2.45, 2.75) is 18.9 Å². The molecule has 1 aliphatic heterocycles. The summed E-state index contributed by atoms with van der Waals surface area (Å²) >= 11 is 6.09. The van der Waals surface area contributed by atoms with Crippen molar-refractivity contribution in [3.8, 4) is 0 Å². The Hall–Kier alpha value is -2.69. The van der Waals surface area contributed by atoms with E-state index in [-0.39, 0.29) is 12.2 Å². The van der Waals surface area contributed by atoms with E-state index in [1.165, 1.54) is 0 Å². The zero-order valence-corrected chi connectivity index (χ0v) is 14.8. The molecule has 0 radical (unpaired) electrons. The Morgan fingerprint density at radius 3 is 2.62 bits per heavy atom. The molecule has 0 unspecified atom stereocenters. The van der Waals surface area contributed by atoms with Gasteiger partial charge in [0.05, 0.1) is 12.1 Å². The zero-order valence-electron chi connectivity index (χ0n) is 14.0. The number of halogens is 1. The van der Waals surface area contributed by atoms with Gasteiger partial charge in [-0.2, -0.15) is 0 Å². The lowest BCUT2D eigenvalue weighted by Crippen LogP contribution is -2.36. The van der Waals surface area contributed by atoms with E-state index in [0.717, 1.165) is 10.8 Å². The number of aliphatic hydroxyl groups is 1. The van der Waals surface area contributed by atoms with Crippen LogP contribution >= 0.6 is 11.6 Å².